The highest BCUT2D eigenvalue weighted by molar-refractivity contribution is 8.15. The predicted octanol–water partition coefficient (Wildman–Crippen LogP) is 1.28. The summed E-state index contributed by atoms with van der Waals surface area (Å²) in [5, 5.41) is 0.860. The Morgan fingerprint density at radius 3 is 2.68 bits per heavy atom. The van der Waals surface area contributed by atoms with Crippen LogP contribution in [0.3, 0.4) is 0 Å². The van der Waals surface area contributed by atoms with Gasteiger partial charge in [0.05, 0.1) is 16.0 Å². The number of benzene rings is 1. The minimum Gasteiger partial charge on any atom is -0.286 e. The highest BCUT2D eigenvalue weighted by atomic mass is 32.2. The van der Waals surface area contributed by atoms with Crippen LogP contribution in [-0.4, -0.2) is 38.9 Å². The zero-order valence-corrected chi connectivity index (χ0v) is 15.1. The Hall–Kier alpha value is -2.11. The molecule has 0 saturated carbocycles. The molecule has 0 radical (unpaired) electrons. The summed E-state index contributed by atoms with van der Waals surface area (Å²) in [6.07, 6.45) is -0.187. The second-order valence-corrected chi connectivity index (χ2v) is 8.35. The Morgan fingerprint density at radius 2 is 1.96 bits per heavy atom. The second-order valence-electron chi connectivity index (χ2n) is 4.92. The van der Waals surface area contributed by atoms with Crippen molar-refractivity contribution >= 4 is 68.0 Å². The van der Waals surface area contributed by atoms with Crippen LogP contribution in [0.2, 0.25) is 0 Å². The first-order valence-electron chi connectivity index (χ1n) is 7.09. The topological polar surface area (TPSA) is 117 Å². The quantitative estimate of drug-likeness (QED) is 0.515. The van der Waals surface area contributed by atoms with Crippen LogP contribution in [0.1, 0.15) is 6.42 Å². The third-order valence-electron chi connectivity index (χ3n) is 3.08. The van der Waals surface area contributed by atoms with Gasteiger partial charge in [-0.25, -0.2) is 4.98 Å². The Bertz CT molecular complexity index is 820. The van der Waals surface area contributed by atoms with Gasteiger partial charge in [-0.3, -0.25) is 35.3 Å². The number of thiazole rings is 1. The summed E-state index contributed by atoms with van der Waals surface area (Å²) >= 11 is 3.52. The van der Waals surface area contributed by atoms with Crippen LogP contribution in [0.25, 0.3) is 10.2 Å². The number of amides is 4. The van der Waals surface area contributed by atoms with E-state index in [2.05, 4.69) is 21.2 Å². The number of nitrogens with one attached hydrogen (secondary N) is 3. The summed E-state index contributed by atoms with van der Waals surface area (Å²) < 4.78 is 1.81. The summed E-state index contributed by atoms with van der Waals surface area (Å²) in [4.78, 5) is 50.3. The molecule has 1 fully saturated rings. The maximum absolute atomic E-state index is 11.8. The van der Waals surface area contributed by atoms with E-state index in [0.29, 0.717) is 0 Å². The van der Waals surface area contributed by atoms with Crippen LogP contribution < -0.4 is 16.2 Å². The molecule has 130 valence electrons. The molecule has 4 amide bonds. The molecule has 2 aromatic rings. The number of thioether (sulfide) groups is 2. The summed E-state index contributed by atoms with van der Waals surface area (Å²) in [5.41, 5.74) is 5.39. The molecule has 0 aliphatic carbocycles. The minimum absolute atomic E-state index is 0.0945. The molecule has 0 bridgehead atoms. The molecule has 3 rings (SSSR count). The lowest BCUT2D eigenvalue weighted by atomic mass is 10.3. The van der Waals surface area contributed by atoms with Crippen molar-refractivity contribution in [1.82, 2.24) is 21.2 Å². The Morgan fingerprint density at radius 1 is 1.20 bits per heavy atom. The van der Waals surface area contributed by atoms with Crippen LogP contribution in [0.4, 0.5) is 4.79 Å². The van der Waals surface area contributed by atoms with Crippen LogP contribution >= 0.6 is 34.9 Å². The minimum atomic E-state index is -0.762. The third-order valence-corrected chi connectivity index (χ3v) is 6.24. The molecule has 1 aliphatic heterocycles. The number of hydrogen-bond donors (Lipinski definition) is 3. The normalized spacial score (nSPS) is 16.7. The fraction of sp³-hybridized carbons (Fsp3) is 0.214. The Balaban J connectivity index is 1.41. The summed E-state index contributed by atoms with van der Waals surface area (Å²) in [7, 11) is 0. The van der Waals surface area contributed by atoms with Crippen molar-refractivity contribution in [2.75, 3.05) is 5.75 Å². The number of para-hydroxylation sites is 1. The molecule has 2 heterocycles. The van der Waals surface area contributed by atoms with Gasteiger partial charge in [0, 0.05) is 6.42 Å². The smallest absolute Gasteiger partial charge is 0.286 e. The lowest BCUT2D eigenvalue weighted by molar-refractivity contribution is -0.128. The second kappa shape index (κ2) is 7.85. The molecule has 1 saturated heterocycles. The SMILES string of the molecule is O=C(CSc1nc2ccccc2s1)NNC(=O)C[C@H]1SC(=O)NC1=O. The largest absolute Gasteiger partial charge is 0.286 e. The van der Waals surface area contributed by atoms with E-state index in [1.54, 1.807) is 0 Å². The van der Waals surface area contributed by atoms with Crippen LogP contribution in [0.15, 0.2) is 28.6 Å². The first-order chi connectivity index (χ1) is 12.0. The van der Waals surface area contributed by atoms with E-state index in [0.717, 1.165) is 26.3 Å². The van der Waals surface area contributed by atoms with Gasteiger partial charge >= 0.3 is 0 Å². The van der Waals surface area contributed by atoms with Gasteiger partial charge in [-0.15, -0.1) is 11.3 Å². The average Bonchev–Trinajstić information content (AvgIpc) is 3.13. The first kappa shape index (κ1) is 17.7. The van der Waals surface area contributed by atoms with Crippen molar-refractivity contribution < 1.29 is 19.2 Å². The van der Waals surface area contributed by atoms with E-state index in [1.807, 2.05) is 24.3 Å². The molecule has 0 spiro atoms. The van der Waals surface area contributed by atoms with Crippen molar-refractivity contribution in [3.63, 3.8) is 0 Å². The molecule has 25 heavy (non-hydrogen) atoms. The molecule has 3 N–H and O–H groups in total. The van der Waals surface area contributed by atoms with Gasteiger partial charge in [-0.05, 0) is 12.1 Å². The maximum atomic E-state index is 11.8. The zero-order valence-electron chi connectivity index (χ0n) is 12.6. The zero-order chi connectivity index (χ0) is 17.8. The number of rotatable bonds is 5. The number of aromatic nitrogens is 1. The van der Waals surface area contributed by atoms with E-state index < -0.39 is 28.2 Å². The van der Waals surface area contributed by atoms with Crippen molar-refractivity contribution in [2.45, 2.75) is 16.0 Å². The van der Waals surface area contributed by atoms with Crippen LogP contribution in [-0.2, 0) is 14.4 Å². The molecule has 0 unspecified atom stereocenters. The number of carbonyl (C=O) groups is 4. The third kappa shape index (κ3) is 4.71. The number of fused-ring (bicyclic) bond motifs is 1. The number of carbonyl (C=O) groups excluding carboxylic acids is 4. The Labute approximate surface area is 154 Å². The van der Waals surface area contributed by atoms with Gasteiger partial charge in [0.2, 0.25) is 17.7 Å². The van der Waals surface area contributed by atoms with Gasteiger partial charge in [0.1, 0.15) is 5.25 Å². The number of hydrazine groups is 1. The van der Waals surface area contributed by atoms with Crippen molar-refractivity contribution in [1.29, 1.82) is 0 Å². The van der Waals surface area contributed by atoms with Gasteiger partial charge in [-0.2, -0.15) is 0 Å². The van der Waals surface area contributed by atoms with E-state index >= 15 is 0 Å². The molecule has 1 atom stereocenters. The first-order valence-corrected chi connectivity index (χ1v) is 9.77. The Kier molecular flexibility index (Phi) is 5.56. The standard InChI is InChI=1S/C14H12N4O4S3/c19-10(5-9-12(21)16-13(22)24-9)17-18-11(20)6-23-14-15-7-3-1-2-4-8(7)25-14/h1-4,9H,5-6H2,(H,17,19)(H,18,20)(H,16,21,22)/t9-/m1/s1. The lowest BCUT2D eigenvalue weighted by Crippen LogP contribution is -2.44. The van der Waals surface area contributed by atoms with Crippen LogP contribution in [0, 0.1) is 0 Å². The molecule has 11 heteroatoms. The van der Waals surface area contributed by atoms with E-state index in [1.165, 1.54) is 23.1 Å². The van der Waals surface area contributed by atoms with Crippen molar-refractivity contribution in [3.05, 3.63) is 24.3 Å². The number of hydrogen-bond acceptors (Lipinski definition) is 8. The molecule has 1 aromatic carbocycles. The van der Waals surface area contributed by atoms with Gasteiger partial charge in [0.15, 0.2) is 4.34 Å². The molecule has 1 aromatic heterocycles. The fourth-order valence-corrected chi connectivity index (χ4v) is 4.65. The van der Waals surface area contributed by atoms with Crippen molar-refractivity contribution in [3.8, 4) is 0 Å². The van der Waals surface area contributed by atoms with E-state index in [4.69, 9.17) is 0 Å². The van der Waals surface area contributed by atoms with Gasteiger partial charge < -0.3 is 0 Å². The molecular formula is C14H12N4O4S3. The predicted molar refractivity (Wildman–Crippen MR) is 96.2 cm³/mol. The molecule has 1 aliphatic rings. The monoisotopic (exact) mass is 396 g/mol. The highest BCUT2D eigenvalue weighted by Crippen LogP contribution is 2.29. The fourth-order valence-electron chi connectivity index (χ4n) is 1.96. The summed E-state index contributed by atoms with van der Waals surface area (Å²) in [6.45, 7) is 0. The molecule has 8 nitrogen and oxygen atoms in total. The number of imide groups is 1. The highest BCUT2D eigenvalue weighted by Gasteiger charge is 2.33. The summed E-state index contributed by atoms with van der Waals surface area (Å²) in [6, 6.07) is 7.68. The van der Waals surface area contributed by atoms with E-state index in [9.17, 15) is 19.2 Å². The lowest BCUT2D eigenvalue weighted by Gasteiger charge is -2.08. The van der Waals surface area contributed by atoms with E-state index in [-0.39, 0.29) is 12.2 Å². The average molecular weight is 396 g/mol. The number of nitrogens with zero attached hydrogens (tertiary/aromatic N) is 1. The van der Waals surface area contributed by atoms with Gasteiger partial charge in [-0.1, -0.05) is 35.7 Å². The van der Waals surface area contributed by atoms with Crippen LogP contribution in [0.5, 0.6) is 0 Å². The maximum Gasteiger partial charge on any atom is 0.286 e. The summed E-state index contributed by atoms with van der Waals surface area (Å²) in [5.74, 6) is -1.34. The van der Waals surface area contributed by atoms with Crippen molar-refractivity contribution in [2.24, 2.45) is 0 Å². The van der Waals surface area contributed by atoms with Gasteiger partial charge in [0.25, 0.3) is 5.24 Å². The molecular weight excluding hydrogens is 384 g/mol.